The second-order valence-corrected chi connectivity index (χ2v) is 8.44. The number of Topliss-reactive ketones (excluding diaryl/α,β-unsaturated/α-hetero) is 1. The number of carbonyl (C=O) groups is 2. The number of fused-ring (bicyclic) bond motifs is 1. The summed E-state index contributed by atoms with van der Waals surface area (Å²) >= 11 is 6.29. The number of ether oxygens (including phenoxy) is 2. The Morgan fingerprint density at radius 1 is 1.03 bits per heavy atom. The van der Waals surface area contributed by atoms with Crippen molar-refractivity contribution in [3.05, 3.63) is 76.4 Å². The van der Waals surface area contributed by atoms with Gasteiger partial charge in [-0.05, 0) is 54.8 Å². The van der Waals surface area contributed by atoms with Crippen LogP contribution in [0.15, 0.2) is 54.6 Å². The maximum atomic E-state index is 13.3. The fourth-order valence-corrected chi connectivity index (χ4v) is 4.23. The molecule has 6 nitrogen and oxygen atoms in total. The number of carboxylic acids is 1. The molecule has 1 aliphatic heterocycles. The molecular formula is C24H16ClF2NO5. The van der Waals surface area contributed by atoms with E-state index in [-0.39, 0.29) is 29.3 Å². The SMILES string of the molecule is O=C(O)c1cccc(-c2nc(CC(=O)C3(c4ccc5c(c4)OC(F)(F)O5)CC3)ccc2Cl)c1. The number of alkyl halides is 2. The van der Waals surface area contributed by atoms with Gasteiger partial charge in [-0.2, -0.15) is 0 Å². The molecule has 3 aromatic rings. The van der Waals surface area contributed by atoms with Crippen LogP contribution in [-0.2, 0) is 16.6 Å². The highest BCUT2D eigenvalue weighted by Gasteiger charge is 2.52. The maximum absolute atomic E-state index is 13.3. The largest absolute Gasteiger partial charge is 0.586 e. The van der Waals surface area contributed by atoms with Crippen molar-refractivity contribution in [2.24, 2.45) is 0 Å². The van der Waals surface area contributed by atoms with Crippen LogP contribution in [0.4, 0.5) is 8.78 Å². The third-order valence-corrected chi connectivity index (χ3v) is 6.17. The van der Waals surface area contributed by atoms with Gasteiger partial charge in [-0.15, -0.1) is 8.78 Å². The maximum Gasteiger partial charge on any atom is 0.586 e. The summed E-state index contributed by atoms with van der Waals surface area (Å²) in [4.78, 5) is 29.0. The molecule has 2 aliphatic rings. The summed E-state index contributed by atoms with van der Waals surface area (Å²) in [6, 6.07) is 13.9. The van der Waals surface area contributed by atoms with Crippen molar-refractivity contribution in [1.29, 1.82) is 0 Å². The van der Waals surface area contributed by atoms with Crippen LogP contribution in [0.3, 0.4) is 0 Å². The zero-order valence-electron chi connectivity index (χ0n) is 17.0. The molecule has 33 heavy (non-hydrogen) atoms. The minimum Gasteiger partial charge on any atom is -0.478 e. The number of halogens is 3. The normalized spacial score (nSPS) is 16.9. The van der Waals surface area contributed by atoms with Crippen LogP contribution in [0.2, 0.25) is 5.02 Å². The molecule has 0 spiro atoms. The second-order valence-electron chi connectivity index (χ2n) is 8.03. The number of rotatable bonds is 6. The van der Waals surface area contributed by atoms with Crippen LogP contribution < -0.4 is 9.47 Å². The zero-order chi connectivity index (χ0) is 23.4. The summed E-state index contributed by atoms with van der Waals surface area (Å²) in [7, 11) is 0. The highest BCUT2D eigenvalue weighted by atomic mass is 35.5. The first kappa shape index (κ1) is 21.3. The summed E-state index contributed by atoms with van der Waals surface area (Å²) in [6.07, 6.45) is -2.54. The summed E-state index contributed by atoms with van der Waals surface area (Å²) in [5, 5.41) is 9.56. The van der Waals surface area contributed by atoms with Gasteiger partial charge in [0.1, 0.15) is 5.78 Å². The number of ketones is 1. The van der Waals surface area contributed by atoms with E-state index in [0.29, 0.717) is 40.4 Å². The van der Waals surface area contributed by atoms with E-state index in [1.807, 2.05) is 0 Å². The van der Waals surface area contributed by atoms with Crippen molar-refractivity contribution in [3.8, 4) is 22.8 Å². The quantitative estimate of drug-likeness (QED) is 0.527. The van der Waals surface area contributed by atoms with E-state index in [9.17, 15) is 23.5 Å². The van der Waals surface area contributed by atoms with Gasteiger partial charge in [-0.3, -0.25) is 9.78 Å². The summed E-state index contributed by atoms with van der Waals surface area (Å²) < 4.78 is 35.6. The lowest BCUT2D eigenvalue weighted by molar-refractivity contribution is -0.286. The van der Waals surface area contributed by atoms with E-state index in [2.05, 4.69) is 14.5 Å². The average Bonchev–Trinajstić information content (AvgIpc) is 3.52. The molecule has 1 fully saturated rings. The van der Waals surface area contributed by atoms with Gasteiger partial charge in [0.25, 0.3) is 0 Å². The van der Waals surface area contributed by atoms with Gasteiger partial charge in [0.2, 0.25) is 0 Å². The number of nitrogens with zero attached hydrogens (tertiary/aromatic N) is 1. The van der Waals surface area contributed by atoms with E-state index in [4.69, 9.17) is 11.6 Å². The number of hydrogen-bond acceptors (Lipinski definition) is 5. The molecule has 9 heteroatoms. The molecule has 168 valence electrons. The second kappa shape index (κ2) is 7.52. The Balaban J connectivity index is 1.40. The van der Waals surface area contributed by atoms with Crippen molar-refractivity contribution in [2.75, 3.05) is 0 Å². The van der Waals surface area contributed by atoms with Crippen molar-refractivity contribution >= 4 is 23.4 Å². The topological polar surface area (TPSA) is 85.7 Å². The van der Waals surface area contributed by atoms with Gasteiger partial charge in [0, 0.05) is 17.7 Å². The fraction of sp³-hybridized carbons (Fsp3) is 0.208. The molecule has 0 amide bonds. The highest BCUT2D eigenvalue weighted by molar-refractivity contribution is 6.33. The van der Waals surface area contributed by atoms with Crippen LogP contribution in [0.1, 0.15) is 34.5 Å². The van der Waals surface area contributed by atoms with Crippen LogP contribution in [0, 0.1) is 0 Å². The van der Waals surface area contributed by atoms with Gasteiger partial charge in [0.05, 0.1) is 21.7 Å². The number of benzene rings is 2. The smallest absolute Gasteiger partial charge is 0.478 e. The van der Waals surface area contributed by atoms with E-state index >= 15 is 0 Å². The molecule has 0 radical (unpaired) electrons. The van der Waals surface area contributed by atoms with Gasteiger partial charge in [0.15, 0.2) is 11.5 Å². The van der Waals surface area contributed by atoms with Crippen molar-refractivity contribution in [2.45, 2.75) is 31.0 Å². The molecule has 1 N–H and O–H groups in total. The van der Waals surface area contributed by atoms with Gasteiger partial charge in [-0.25, -0.2) is 4.79 Å². The molecular weight excluding hydrogens is 456 g/mol. The Hall–Kier alpha value is -3.52. The molecule has 1 aliphatic carbocycles. The Labute approximate surface area is 191 Å². The number of aromatic carboxylic acids is 1. The first-order chi connectivity index (χ1) is 15.7. The van der Waals surface area contributed by atoms with Crippen molar-refractivity contribution in [1.82, 2.24) is 4.98 Å². The van der Waals surface area contributed by atoms with Crippen molar-refractivity contribution in [3.63, 3.8) is 0 Å². The number of aromatic nitrogens is 1. The molecule has 1 aromatic heterocycles. The lowest BCUT2D eigenvalue weighted by atomic mass is 9.88. The highest BCUT2D eigenvalue weighted by Crippen LogP contribution is 2.52. The third-order valence-electron chi connectivity index (χ3n) is 5.87. The van der Waals surface area contributed by atoms with Gasteiger partial charge in [-0.1, -0.05) is 29.8 Å². The molecule has 0 saturated heterocycles. The van der Waals surface area contributed by atoms with Gasteiger partial charge >= 0.3 is 12.3 Å². The predicted molar refractivity (Wildman–Crippen MR) is 114 cm³/mol. The predicted octanol–water partition coefficient (Wildman–Crippen LogP) is 5.27. The zero-order valence-corrected chi connectivity index (χ0v) is 17.7. The molecule has 2 aromatic carbocycles. The monoisotopic (exact) mass is 471 g/mol. The number of pyridine rings is 1. The van der Waals surface area contributed by atoms with Crippen molar-refractivity contribution < 1.29 is 33.0 Å². The Bertz CT molecular complexity index is 1310. The van der Waals surface area contributed by atoms with Crippen LogP contribution in [0.5, 0.6) is 11.5 Å². The number of hydrogen-bond donors (Lipinski definition) is 1. The summed E-state index contributed by atoms with van der Waals surface area (Å²) in [5.74, 6) is -1.34. The first-order valence-electron chi connectivity index (χ1n) is 10.1. The van der Waals surface area contributed by atoms with Crippen LogP contribution in [-0.4, -0.2) is 28.1 Å². The summed E-state index contributed by atoms with van der Waals surface area (Å²) in [5.41, 5.74) is 1.26. The molecule has 0 atom stereocenters. The van der Waals surface area contributed by atoms with E-state index in [1.54, 1.807) is 30.3 Å². The molecule has 5 rings (SSSR count). The molecule has 0 unspecified atom stereocenters. The lowest BCUT2D eigenvalue weighted by Gasteiger charge is -2.15. The minimum absolute atomic E-state index is 0.00733. The molecule has 1 saturated carbocycles. The van der Waals surface area contributed by atoms with Gasteiger partial charge < -0.3 is 14.6 Å². The number of carboxylic acid groups (broad SMARTS) is 1. The number of carbonyl (C=O) groups excluding carboxylic acids is 1. The van der Waals surface area contributed by atoms with Crippen LogP contribution in [0.25, 0.3) is 11.3 Å². The Kier molecular flexibility index (Phi) is 4.86. The van der Waals surface area contributed by atoms with E-state index < -0.39 is 17.7 Å². The third kappa shape index (κ3) is 3.91. The fourth-order valence-electron chi connectivity index (χ4n) is 4.02. The minimum atomic E-state index is -3.72. The van der Waals surface area contributed by atoms with E-state index in [1.165, 1.54) is 24.3 Å². The lowest BCUT2D eigenvalue weighted by Crippen LogP contribution is -2.26. The standard InChI is InChI=1S/C24H16ClF2NO5/c25-17-6-5-16(28-21(17)13-2-1-3-14(10-13)22(30)31)12-20(29)23(8-9-23)15-4-7-18-19(11-15)33-24(26,27)32-18/h1-7,10-11H,8-9,12H2,(H,30,31). The Morgan fingerprint density at radius 3 is 2.52 bits per heavy atom. The average molecular weight is 472 g/mol. The van der Waals surface area contributed by atoms with E-state index in [0.717, 1.165) is 0 Å². The molecule has 0 bridgehead atoms. The summed E-state index contributed by atoms with van der Waals surface area (Å²) in [6.45, 7) is 0. The Morgan fingerprint density at radius 2 is 1.79 bits per heavy atom. The first-order valence-corrected chi connectivity index (χ1v) is 10.5. The van der Waals surface area contributed by atoms with Crippen LogP contribution >= 0.6 is 11.6 Å². The molecule has 2 heterocycles.